The van der Waals surface area contributed by atoms with E-state index in [4.69, 9.17) is 18.6 Å². The molecule has 2 N–H and O–H groups in total. The smallest absolute Gasteiger partial charge is 0.338 e. The lowest BCUT2D eigenvalue weighted by Gasteiger charge is -2.27. The molecule has 9 heteroatoms. The molecular formula is C22H24N2O6S. The van der Waals surface area contributed by atoms with Crippen LogP contribution in [0.1, 0.15) is 30.9 Å². The summed E-state index contributed by atoms with van der Waals surface area (Å²) in [6, 6.07) is 8.13. The van der Waals surface area contributed by atoms with Gasteiger partial charge in [-0.1, -0.05) is 0 Å². The lowest BCUT2D eigenvalue weighted by molar-refractivity contribution is -0.139. The minimum Gasteiger partial charge on any atom is -0.490 e. The van der Waals surface area contributed by atoms with Crippen LogP contribution in [-0.4, -0.2) is 37.6 Å². The van der Waals surface area contributed by atoms with Crippen LogP contribution in [0.25, 0.3) is 0 Å². The number of hydrogen-bond acceptors (Lipinski definition) is 7. The third kappa shape index (κ3) is 4.82. The first-order chi connectivity index (χ1) is 15.0. The minimum atomic E-state index is -0.721. The number of carbonyl (C=O) groups excluding carboxylic acids is 2. The highest BCUT2D eigenvalue weighted by Crippen LogP contribution is 2.36. The quantitative estimate of drug-likeness (QED) is 0.518. The number of esters is 1. The number of furan rings is 1. The van der Waals surface area contributed by atoms with Crippen molar-refractivity contribution in [3.05, 3.63) is 53.1 Å². The topological polar surface area (TPSA) is 99.0 Å². The summed E-state index contributed by atoms with van der Waals surface area (Å²) in [5, 5.41) is 5.53. The Bertz CT molecular complexity index is 1020. The van der Waals surface area contributed by atoms with Crippen molar-refractivity contribution in [1.82, 2.24) is 10.6 Å². The molecule has 3 heterocycles. The molecule has 1 atom stereocenters. The van der Waals surface area contributed by atoms with E-state index in [1.54, 1.807) is 26.0 Å². The fraction of sp³-hybridized carbons (Fsp3) is 0.364. The molecule has 0 unspecified atom stereocenters. The lowest BCUT2D eigenvalue weighted by Crippen LogP contribution is -2.46. The van der Waals surface area contributed by atoms with E-state index in [-0.39, 0.29) is 6.61 Å². The Kier molecular flexibility index (Phi) is 6.41. The van der Waals surface area contributed by atoms with Gasteiger partial charge in [0.05, 0.1) is 25.4 Å². The molecule has 0 aliphatic carbocycles. The molecule has 8 nitrogen and oxygen atoms in total. The van der Waals surface area contributed by atoms with Crippen molar-refractivity contribution in [1.29, 1.82) is 0 Å². The third-order valence-electron chi connectivity index (χ3n) is 4.80. The van der Waals surface area contributed by atoms with E-state index in [1.165, 1.54) is 11.8 Å². The molecule has 2 aromatic rings. The first kappa shape index (κ1) is 21.2. The maximum atomic E-state index is 12.8. The summed E-state index contributed by atoms with van der Waals surface area (Å²) < 4.78 is 22.4. The molecule has 164 valence electrons. The zero-order chi connectivity index (χ0) is 21.8. The molecule has 0 fully saturated rings. The second kappa shape index (κ2) is 9.38. The van der Waals surface area contributed by atoms with Crippen LogP contribution in [0, 0.1) is 6.92 Å². The highest BCUT2D eigenvalue weighted by molar-refractivity contribution is 7.99. The summed E-state index contributed by atoms with van der Waals surface area (Å²) in [6.45, 7) is 5.00. The Morgan fingerprint density at radius 2 is 2.00 bits per heavy atom. The average molecular weight is 445 g/mol. The second-order valence-corrected chi connectivity index (χ2v) is 8.09. The van der Waals surface area contributed by atoms with Crippen LogP contribution in [0.4, 0.5) is 4.79 Å². The molecule has 1 aromatic heterocycles. The average Bonchev–Trinajstić information content (AvgIpc) is 3.05. The fourth-order valence-corrected chi connectivity index (χ4v) is 4.29. The number of thioether (sulfide) groups is 1. The molecular weight excluding hydrogens is 420 g/mol. The van der Waals surface area contributed by atoms with Gasteiger partial charge in [-0.3, -0.25) is 0 Å². The van der Waals surface area contributed by atoms with Crippen molar-refractivity contribution < 1.29 is 28.2 Å². The predicted molar refractivity (Wildman–Crippen MR) is 114 cm³/mol. The number of nitrogens with one attached hydrogen (secondary N) is 2. The van der Waals surface area contributed by atoms with Crippen LogP contribution in [0.15, 0.2) is 50.9 Å². The maximum Gasteiger partial charge on any atom is 0.338 e. The Hall–Kier alpha value is -3.07. The molecule has 31 heavy (non-hydrogen) atoms. The monoisotopic (exact) mass is 444 g/mol. The molecule has 0 bridgehead atoms. The van der Waals surface area contributed by atoms with Crippen molar-refractivity contribution >= 4 is 23.8 Å². The molecule has 0 spiro atoms. The van der Waals surface area contributed by atoms with Crippen LogP contribution < -0.4 is 20.1 Å². The van der Waals surface area contributed by atoms with Gasteiger partial charge >= 0.3 is 12.0 Å². The number of benzene rings is 1. The highest BCUT2D eigenvalue weighted by Gasteiger charge is 2.35. The van der Waals surface area contributed by atoms with Gasteiger partial charge in [0.15, 0.2) is 11.5 Å². The van der Waals surface area contributed by atoms with Crippen molar-refractivity contribution in [2.24, 2.45) is 0 Å². The standard InChI is InChI=1S/C22H24N2O6S/c1-3-27-21(25)19-15(23-22(26)24-20(19)17-7-5-13(2)30-17)12-31-14-6-8-16-18(11-14)29-10-4-9-28-16/h5-8,11,20H,3-4,9-10,12H2,1-2H3,(H2,23,24,26)/t20-/m1/s1. The van der Waals surface area contributed by atoms with Gasteiger partial charge in [-0.05, 0) is 44.2 Å². The van der Waals surface area contributed by atoms with E-state index in [1.807, 2.05) is 18.2 Å². The first-order valence-electron chi connectivity index (χ1n) is 10.1. The zero-order valence-electron chi connectivity index (χ0n) is 17.4. The Morgan fingerprint density at radius 3 is 2.74 bits per heavy atom. The SMILES string of the molecule is CCOC(=O)C1=C(CSc2ccc3c(c2)OCCCO3)NC(=O)N[C@@H]1c1ccc(C)o1. The van der Waals surface area contributed by atoms with Gasteiger partial charge in [-0.2, -0.15) is 0 Å². The van der Waals surface area contributed by atoms with Crippen molar-refractivity contribution in [2.75, 3.05) is 25.6 Å². The largest absolute Gasteiger partial charge is 0.490 e. The lowest BCUT2D eigenvalue weighted by atomic mass is 10.0. The summed E-state index contributed by atoms with van der Waals surface area (Å²) in [4.78, 5) is 26.1. The predicted octanol–water partition coefficient (Wildman–Crippen LogP) is 3.71. The Labute approximate surface area is 184 Å². The number of urea groups is 1. The van der Waals surface area contributed by atoms with E-state index in [0.29, 0.717) is 47.5 Å². The number of rotatable bonds is 6. The van der Waals surface area contributed by atoms with E-state index in [9.17, 15) is 9.59 Å². The van der Waals surface area contributed by atoms with Gasteiger partial charge in [0.1, 0.15) is 17.6 Å². The Morgan fingerprint density at radius 1 is 1.19 bits per heavy atom. The number of amides is 2. The minimum absolute atomic E-state index is 0.225. The normalized spacial score (nSPS) is 18.1. The summed E-state index contributed by atoms with van der Waals surface area (Å²) >= 11 is 1.48. The van der Waals surface area contributed by atoms with Crippen LogP contribution in [-0.2, 0) is 9.53 Å². The number of hydrogen-bond donors (Lipinski definition) is 2. The number of ether oxygens (including phenoxy) is 3. The molecule has 2 aliphatic heterocycles. The molecule has 0 saturated carbocycles. The van der Waals surface area contributed by atoms with Crippen molar-refractivity contribution in [3.63, 3.8) is 0 Å². The number of aryl methyl sites for hydroxylation is 1. The first-order valence-corrected chi connectivity index (χ1v) is 11.1. The molecule has 1 aromatic carbocycles. The van der Waals surface area contributed by atoms with Crippen molar-refractivity contribution in [3.8, 4) is 11.5 Å². The highest BCUT2D eigenvalue weighted by atomic mass is 32.2. The summed E-state index contributed by atoms with van der Waals surface area (Å²) in [5.74, 6) is 2.44. The molecule has 0 radical (unpaired) electrons. The van der Waals surface area contributed by atoms with Crippen molar-refractivity contribution in [2.45, 2.75) is 31.2 Å². The van der Waals surface area contributed by atoms with Gasteiger partial charge in [0.25, 0.3) is 0 Å². The van der Waals surface area contributed by atoms with Gasteiger partial charge in [0, 0.05) is 22.8 Å². The van der Waals surface area contributed by atoms with Gasteiger partial charge < -0.3 is 29.3 Å². The number of carbonyl (C=O) groups is 2. The van der Waals surface area contributed by atoms with Crippen LogP contribution in [0.2, 0.25) is 0 Å². The van der Waals surface area contributed by atoms with E-state index >= 15 is 0 Å². The maximum absolute atomic E-state index is 12.8. The van der Waals surface area contributed by atoms with Crippen LogP contribution in [0.3, 0.4) is 0 Å². The van der Waals surface area contributed by atoms with Gasteiger partial charge in [-0.25, -0.2) is 9.59 Å². The third-order valence-corrected chi connectivity index (χ3v) is 5.82. The van der Waals surface area contributed by atoms with E-state index in [0.717, 1.165) is 17.1 Å². The van der Waals surface area contributed by atoms with Gasteiger partial charge in [0.2, 0.25) is 0 Å². The summed E-state index contributed by atoms with van der Waals surface area (Å²) in [5.41, 5.74) is 0.816. The summed E-state index contributed by atoms with van der Waals surface area (Å²) in [7, 11) is 0. The van der Waals surface area contributed by atoms with E-state index < -0.39 is 18.0 Å². The zero-order valence-corrected chi connectivity index (χ0v) is 18.2. The van der Waals surface area contributed by atoms with Crippen LogP contribution >= 0.6 is 11.8 Å². The van der Waals surface area contributed by atoms with Crippen LogP contribution in [0.5, 0.6) is 11.5 Å². The Balaban J connectivity index is 1.62. The fourth-order valence-electron chi connectivity index (χ4n) is 3.39. The molecule has 0 saturated heterocycles. The molecule has 2 amide bonds. The molecule has 4 rings (SSSR count). The second-order valence-electron chi connectivity index (χ2n) is 7.04. The summed E-state index contributed by atoms with van der Waals surface area (Å²) in [6.07, 6.45) is 0.833. The number of fused-ring (bicyclic) bond motifs is 1. The van der Waals surface area contributed by atoms with Gasteiger partial charge in [-0.15, -0.1) is 11.8 Å². The molecule has 2 aliphatic rings. The van der Waals surface area contributed by atoms with E-state index in [2.05, 4.69) is 10.6 Å².